The molecule has 1 aromatic heterocycles. The summed E-state index contributed by atoms with van der Waals surface area (Å²) in [5.74, 6) is 1.26. The van der Waals surface area contributed by atoms with E-state index in [2.05, 4.69) is 21.7 Å². The summed E-state index contributed by atoms with van der Waals surface area (Å²) in [6.07, 6.45) is 5.33. The number of hydrogen-bond donors (Lipinski definition) is 0. The average molecular weight is 473 g/mol. The first-order valence-electron chi connectivity index (χ1n) is 11.6. The molecule has 6 nitrogen and oxygen atoms in total. The van der Waals surface area contributed by atoms with Gasteiger partial charge >= 0.3 is 10.2 Å². The second kappa shape index (κ2) is 9.83. The summed E-state index contributed by atoms with van der Waals surface area (Å²) in [5, 5.41) is 0. The van der Waals surface area contributed by atoms with Crippen LogP contribution in [0.1, 0.15) is 30.1 Å². The molecule has 0 amide bonds. The van der Waals surface area contributed by atoms with E-state index in [0.717, 1.165) is 25.2 Å². The van der Waals surface area contributed by atoms with Gasteiger partial charge in [0.1, 0.15) is 5.82 Å². The Kier molecular flexibility index (Phi) is 6.47. The minimum atomic E-state index is -3.74. The molecule has 0 N–H and O–H groups in total. The SMILES string of the molecule is O=S(=O)(N1CCC(c2nccn2Cc2ccccc2)CC1)N(c1ccccc1)c1ccccc1. The second-order valence-electron chi connectivity index (χ2n) is 8.52. The van der Waals surface area contributed by atoms with Gasteiger partial charge in [0.2, 0.25) is 0 Å². The molecule has 4 aromatic rings. The summed E-state index contributed by atoms with van der Waals surface area (Å²) in [7, 11) is -3.74. The van der Waals surface area contributed by atoms with Crippen LogP contribution in [0.2, 0.25) is 0 Å². The molecule has 7 heteroatoms. The average Bonchev–Trinajstić information content (AvgIpc) is 3.34. The first kappa shape index (κ1) is 22.4. The lowest BCUT2D eigenvalue weighted by Crippen LogP contribution is -2.45. The molecular weight excluding hydrogens is 444 g/mol. The molecule has 0 bridgehead atoms. The van der Waals surface area contributed by atoms with Gasteiger partial charge in [0, 0.05) is 37.9 Å². The van der Waals surface area contributed by atoms with Crippen LogP contribution in [0.25, 0.3) is 0 Å². The zero-order valence-corrected chi connectivity index (χ0v) is 19.8. The van der Waals surface area contributed by atoms with E-state index >= 15 is 0 Å². The fourth-order valence-corrected chi connectivity index (χ4v) is 6.28. The summed E-state index contributed by atoms with van der Waals surface area (Å²) in [6.45, 7) is 1.69. The highest BCUT2D eigenvalue weighted by molar-refractivity contribution is 7.90. The van der Waals surface area contributed by atoms with Crippen LogP contribution < -0.4 is 4.31 Å². The first-order chi connectivity index (χ1) is 16.6. The molecule has 174 valence electrons. The number of para-hydroxylation sites is 2. The van der Waals surface area contributed by atoms with E-state index < -0.39 is 10.2 Å². The Morgan fingerprint density at radius 2 is 1.32 bits per heavy atom. The van der Waals surface area contributed by atoms with E-state index in [1.807, 2.05) is 91.3 Å². The van der Waals surface area contributed by atoms with Crippen molar-refractivity contribution in [1.29, 1.82) is 0 Å². The van der Waals surface area contributed by atoms with Crippen molar-refractivity contribution in [3.05, 3.63) is 115 Å². The van der Waals surface area contributed by atoms with Crippen molar-refractivity contribution in [3.63, 3.8) is 0 Å². The van der Waals surface area contributed by atoms with E-state index in [4.69, 9.17) is 0 Å². The largest absolute Gasteiger partial charge is 0.330 e. The highest BCUT2D eigenvalue weighted by Gasteiger charge is 2.35. The number of hydrogen-bond acceptors (Lipinski definition) is 3. The smallest absolute Gasteiger partial charge is 0.308 e. The first-order valence-corrected chi connectivity index (χ1v) is 13.0. The monoisotopic (exact) mass is 472 g/mol. The van der Waals surface area contributed by atoms with Gasteiger partial charge in [-0.15, -0.1) is 0 Å². The van der Waals surface area contributed by atoms with E-state index in [1.165, 1.54) is 9.87 Å². The predicted octanol–water partition coefficient (Wildman–Crippen LogP) is 5.19. The Bertz CT molecular complexity index is 1260. The topological polar surface area (TPSA) is 58.4 Å². The van der Waals surface area contributed by atoms with Crippen LogP contribution in [-0.2, 0) is 16.8 Å². The van der Waals surface area contributed by atoms with Crippen molar-refractivity contribution in [2.45, 2.75) is 25.3 Å². The molecule has 34 heavy (non-hydrogen) atoms. The van der Waals surface area contributed by atoms with Gasteiger partial charge in [-0.25, -0.2) is 9.29 Å². The van der Waals surface area contributed by atoms with Gasteiger partial charge in [-0.05, 0) is 42.7 Å². The molecule has 0 atom stereocenters. The molecule has 0 saturated carbocycles. The minimum Gasteiger partial charge on any atom is -0.330 e. The molecule has 0 radical (unpaired) electrons. The predicted molar refractivity (Wildman–Crippen MR) is 135 cm³/mol. The van der Waals surface area contributed by atoms with Gasteiger partial charge in [0.15, 0.2) is 0 Å². The number of anilines is 2. The van der Waals surface area contributed by atoms with Crippen molar-refractivity contribution in [1.82, 2.24) is 13.9 Å². The maximum atomic E-state index is 13.8. The molecule has 3 aromatic carbocycles. The number of imidazole rings is 1. The van der Waals surface area contributed by atoms with Crippen LogP contribution in [0.15, 0.2) is 103 Å². The summed E-state index contributed by atoms with van der Waals surface area (Å²) < 4.78 is 32.9. The van der Waals surface area contributed by atoms with Crippen LogP contribution in [0.3, 0.4) is 0 Å². The Labute approximate surface area is 201 Å². The number of piperidine rings is 1. The summed E-state index contributed by atoms with van der Waals surface area (Å²) in [5.41, 5.74) is 2.49. The molecule has 0 unspecified atom stereocenters. The number of nitrogens with zero attached hydrogens (tertiary/aromatic N) is 4. The van der Waals surface area contributed by atoms with E-state index in [-0.39, 0.29) is 5.92 Å². The van der Waals surface area contributed by atoms with Gasteiger partial charge in [-0.3, -0.25) is 0 Å². The molecule has 5 rings (SSSR count). The van der Waals surface area contributed by atoms with Gasteiger partial charge < -0.3 is 4.57 Å². The number of benzene rings is 3. The van der Waals surface area contributed by atoms with Crippen LogP contribution >= 0.6 is 0 Å². The minimum absolute atomic E-state index is 0.229. The molecule has 0 spiro atoms. The standard InChI is InChI=1S/C27H28N4O2S/c32-34(33,31(25-12-6-2-7-13-25)26-14-8-3-9-15-26)30-19-16-24(17-20-30)27-28-18-21-29(27)22-23-10-4-1-5-11-23/h1-15,18,21,24H,16-17,19-20,22H2. The third-order valence-corrected chi connectivity index (χ3v) is 8.20. The van der Waals surface area contributed by atoms with Crippen molar-refractivity contribution in [2.75, 3.05) is 17.4 Å². The molecule has 2 heterocycles. The lowest BCUT2D eigenvalue weighted by molar-refractivity contribution is 0.310. The third kappa shape index (κ3) is 4.62. The fourth-order valence-electron chi connectivity index (χ4n) is 4.60. The Morgan fingerprint density at radius 1 is 0.794 bits per heavy atom. The maximum Gasteiger partial charge on any atom is 0.308 e. The summed E-state index contributed by atoms with van der Waals surface area (Å²) in [6, 6.07) is 28.9. The van der Waals surface area contributed by atoms with Gasteiger partial charge in [-0.1, -0.05) is 66.7 Å². The molecular formula is C27H28N4O2S. The van der Waals surface area contributed by atoms with Crippen molar-refractivity contribution >= 4 is 21.6 Å². The van der Waals surface area contributed by atoms with Gasteiger partial charge in [0.05, 0.1) is 11.4 Å². The third-order valence-electron chi connectivity index (χ3n) is 6.30. The van der Waals surface area contributed by atoms with E-state index in [0.29, 0.717) is 24.5 Å². The Morgan fingerprint density at radius 3 is 1.88 bits per heavy atom. The lowest BCUT2D eigenvalue weighted by Gasteiger charge is -2.35. The quantitative estimate of drug-likeness (QED) is 0.372. The normalized spacial score (nSPS) is 15.3. The van der Waals surface area contributed by atoms with Crippen molar-refractivity contribution in [3.8, 4) is 0 Å². The summed E-state index contributed by atoms with van der Waals surface area (Å²) >= 11 is 0. The Hall–Kier alpha value is -3.42. The van der Waals surface area contributed by atoms with Crippen LogP contribution in [0.4, 0.5) is 11.4 Å². The highest BCUT2D eigenvalue weighted by atomic mass is 32.2. The molecule has 1 aliphatic heterocycles. The molecule has 1 fully saturated rings. The van der Waals surface area contributed by atoms with Gasteiger partial charge in [0.25, 0.3) is 0 Å². The number of rotatable bonds is 7. The Balaban J connectivity index is 1.35. The number of aromatic nitrogens is 2. The van der Waals surface area contributed by atoms with Crippen molar-refractivity contribution in [2.24, 2.45) is 0 Å². The van der Waals surface area contributed by atoms with Gasteiger partial charge in [-0.2, -0.15) is 12.7 Å². The highest BCUT2D eigenvalue weighted by Crippen LogP contribution is 2.34. The lowest BCUT2D eigenvalue weighted by atomic mass is 9.97. The van der Waals surface area contributed by atoms with E-state index in [9.17, 15) is 8.42 Å². The van der Waals surface area contributed by atoms with Crippen LogP contribution in [-0.4, -0.2) is 35.4 Å². The molecule has 0 aliphatic carbocycles. The van der Waals surface area contributed by atoms with Crippen LogP contribution in [0.5, 0.6) is 0 Å². The van der Waals surface area contributed by atoms with Crippen LogP contribution in [0, 0.1) is 0 Å². The van der Waals surface area contributed by atoms with Crippen molar-refractivity contribution < 1.29 is 8.42 Å². The fraction of sp³-hybridized carbons (Fsp3) is 0.222. The maximum absolute atomic E-state index is 13.8. The zero-order chi connectivity index (χ0) is 23.4. The summed E-state index contributed by atoms with van der Waals surface area (Å²) in [4.78, 5) is 4.64. The second-order valence-corrected chi connectivity index (χ2v) is 10.3. The molecule has 1 aliphatic rings. The van der Waals surface area contributed by atoms with E-state index in [1.54, 1.807) is 4.31 Å². The zero-order valence-electron chi connectivity index (χ0n) is 18.9. The molecule has 1 saturated heterocycles.